The molecule has 0 amide bonds. The summed E-state index contributed by atoms with van der Waals surface area (Å²) in [4.78, 5) is 4.48. The molecular weight excluding hydrogens is 381 g/mol. The van der Waals surface area contributed by atoms with Crippen LogP contribution in [0.25, 0.3) is 0 Å². The highest BCUT2D eigenvalue weighted by Gasteiger charge is 2.17. The molecule has 120 valence electrons. The number of aliphatic imine (C=N–C) groups is 1. The zero-order valence-corrected chi connectivity index (χ0v) is 14.9. The Morgan fingerprint density at radius 1 is 1.26 bits per heavy atom. The topological polar surface area (TPSA) is 30.8 Å². The summed E-state index contributed by atoms with van der Waals surface area (Å²) in [5.41, 5.74) is 1.91. The van der Waals surface area contributed by atoms with E-state index in [1.807, 2.05) is 12.1 Å². The lowest BCUT2D eigenvalue weighted by Gasteiger charge is -2.14. The molecule has 3 rings (SSSR count). The normalized spacial score (nSPS) is 13.8. The van der Waals surface area contributed by atoms with Gasteiger partial charge in [0, 0.05) is 17.9 Å². The minimum absolute atomic E-state index is 0.258. The number of nitrogens with zero attached hydrogens (tertiary/aromatic N) is 1. The maximum Gasteiger partial charge on any atom is 0.175 e. The fraction of sp³-hybridized carbons (Fsp3) is 0.235. The molecule has 0 N–H and O–H groups in total. The smallest absolute Gasteiger partial charge is 0.175 e. The Morgan fingerprint density at radius 2 is 2.04 bits per heavy atom. The van der Waals surface area contributed by atoms with Crippen LogP contribution in [0.4, 0.5) is 4.39 Å². The SMILES string of the molecule is COc1cc(C2=NCCS2)cc(Br)c1OCc1ccc(F)cc1. The van der Waals surface area contributed by atoms with Gasteiger partial charge < -0.3 is 9.47 Å². The van der Waals surface area contributed by atoms with Gasteiger partial charge in [-0.2, -0.15) is 0 Å². The first-order valence-corrected chi connectivity index (χ1v) is 8.87. The molecule has 2 aromatic rings. The predicted molar refractivity (Wildman–Crippen MR) is 95.3 cm³/mol. The van der Waals surface area contributed by atoms with Crippen molar-refractivity contribution in [2.24, 2.45) is 4.99 Å². The summed E-state index contributed by atoms with van der Waals surface area (Å²) < 4.78 is 25.1. The second-order valence-corrected chi connectivity index (χ2v) is 6.88. The average Bonchev–Trinajstić information content (AvgIpc) is 3.09. The first-order chi connectivity index (χ1) is 11.2. The van der Waals surface area contributed by atoms with E-state index >= 15 is 0 Å². The molecule has 1 aliphatic rings. The number of benzene rings is 2. The summed E-state index contributed by atoms with van der Waals surface area (Å²) >= 11 is 5.28. The zero-order chi connectivity index (χ0) is 16.2. The molecule has 23 heavy (non-hydrogen) atoms. The number of methoxy groups -OCH3 is 1. The van der Waals surface area contributed by atoms with Gasteiger partial charge in [0.1, 0.15) is 12.4 Å². The summed E-state index contributed by atoms with van der Waals surface area (Å²) in [6.07, 6.45) is 0. The Kier molecular flexibility index (Phi) is 5.23. The first kappa shape index (κ1) is 16.3. The fourth-order valence-corrected chi connectivity index (χ4v) is 3.63. The number of halogens is 2. The van der Waals surface area contributed by atoms with Gasteiger partial charge >= 0.3 is 0 Å². The van der Waals surface area contributed by atoms with Crippen molar-refractivity contribution >= 4 is 32.7 Å². The third-order valence-corrected chi connectivity index (χ3v) is 4.97. The molecule has 0 aromatic heterocycles. The number of ether oxygens (including phenoxy) is 2. The second kappa shape index (κ2) is 7.36. The van der Waals surface area contributed by atoms with E-state index < -0.39 is 0 Å². The Hall–Kier alpha value is -1.53. The van der Waals surface area contributed by atoms with Crippen LogP contribution in [-0.2, 0) is 6.61 Å². The monoisotopic (exact) mass is 395 g/mol. The van der Waals surface area contributed by atoms with E-state index in [1.165, 1.54) is 12.1 Å². The van der Waals surface area contributed by atoms with Crippen LogP contribution in [0, 0.1) is 5.82 Å². The van der Waals surface area contributed by atoms with Crippen molar-refractivity contribution in [2.45, 2.75) is 6.61 Å². The van der Waals surface area contributed by atoms with Crippen molar-refractivity contribution < 1.29 is 13.9 Å². The molecule has 1 aliphatic heterocycles. The molecule has 0 aliphatic carbocycles. The summed E-state index contributed by atoms with van der Waals surface area (Å²) in [7, 11) is 1.61. The van der Waals surface area contributed by atoms with Gasteiger partial charge in [0.2, 0.25) is 0 Å². The van der Waals surface area contributed by atoms with E-state index in [-0.39, 0.29) is 5.82 Å². The molecule has 0 spiro atoms. The quantitative estimate of drug-likeness (QED) is 0.736. The predicted octanol–water partition coefficient (Wildman–Crippen LogP) is 4.67. The number of thioether (sulfide) groups is 1. The summed E-state index contributed by atoms with van der Waals surface area (Å²) in [5, 5.41) is 1.02. The lowest BCUT2D eigenvalue weighted by Crippen LogP contribution is -2.01. The highest BCUT2D eigenvalue weighted by Crippen LogP contribution is 2.38. The van der Waals surface area contributed by atoms with Gasteiger partial charge in [-0.05, 0) is 45.8 Å². The third kappa shape index (κ3) is 3.87. The van der Waals surface area contributed by atoms with Crippen LogP contribution in [0.1, 0.15) is 11.1 Å². The Morgan fingerprint density at radius 3 is 2.70 bits per heavy atom. The molecule has 0 fully saturated rings. The Labute approximate surface area is 147 Å². The molecule has 0 saturated carbocycles. The van der Waals surface area contributed by atoms with Crippen LogP contribution in [0.3, 0.4) is 0 Å². The van der Waals surface area contributed by atoms with Crippen molar-refractivity contribution in [3.8, 4) is 11.5 Å². The number of hydrogen-bond acceptors (Lipinski definition) is 4. The second-order valence-electron chi connectivity index (χ2n) is 4.94. The standard InChI is InChI=1S/C17H15BrFNO2S/c1-21-15-9-12(17-20-6-7-23-17)8-14(18)16(15)22-10-11-2-4-13(19)5-3-11/h2-5,8-9H,6-7,10H2,1H3. The van der Waals surface area contributed by atoms with Crippen molar-refractivity contribution in [2.75, 3.05) is 19.4 Å². The highest BCUT2D eigenvalue weighted by atomic mass is 79.9. The van der Waals surface area contributed by atoms with E-state index in [1.54, 1.807) is 31.0 Å². The Balaban J connectivity index is 1.82. The first-order valence-electron chi connectivity index (χ1n) is 7.10. The van der Waals surface area contributed by atoms with Gasteiger partial charge in [0.05, 0.1) is 16.6 Å². The molecule has 0 bridgehead atoms. The zero-order valence-electron chi connectivity index (χ0n) is 12.5. The van der Waals surface area contributed by atoms with Gasteiger partial charge in [0.25, 0.3) is 0 Å². The molecule has 0 radical (unpaired) electrons. The lowest BCUT2D eigenvalue weighted by atomic mass is 10.2. The van der Waals surface area contributed by atoms with Crippen LogP contribution in [0.15, 0.2) is 45.9 Å². The van der Waals surface area contributed by atoms with E-state index in [9.17, 15) is 4.39 Å². The van der Waals surface area contributed by atoms with Gasteiger partial charge in [-0.15, -0.1) is 11.8 Å². The fourth-order valence-electron chi connectivity index (χ4n) is 2.23. The average molecular weight is 396 g/mol. The Bertz CT molecular complexity index is 734. The van der Waals surface area contributed by atoms with Gasteiger partial charge in [-0.25, -0.2) is 4.39 Å². The van der Waals surface area contributed by atoms with Crippen LogP contribution >= 0.6 is 27.7 Å². The van der Waals surface area contributed by atoms with Crippen molar-refractivity contribution in [1.82, 2.24) is 0 Å². The summed E-state index contributed by atoms with van der Waals surface area (Å²) in [6.45, 7) is 1.19. The third-order valence-electron chi connectivity index (χ3n) is 3.36. The minimum Gasteiger partial charge on any atom is -0.493 e. The van der Waals surface area contributed by atoms with Gasteiger partial charge in [-0.1, -0.05) is 12.1 Å². The number of rotatable bonds is 5. The van der Waals surface area contributed by atoms with Crippen LogP contribution < -0.4 is 9.47 Å². The summed E-state index contributed by atoms with van der Waals surface area (Å²) in [6, 6.07) is 10.2. The molecule has 6 heteroatoms. The molecule has 0 unspecified atom stereocenters. The molecule has 3 nitrogen and oxygen atoms in total. The maximum absolute atomic E-state index is 12.9. The van der Waals surface area contributed by atoms with Crippen molar-refractivity contribution in [1.29, 1.82) is 0 Å². The highest BCUT2D eigenvalue weighted by molar-refractivity contribution is 9.10. The van der Waals surface area contributed by atoms with E-state index in [2.05, 4.69) is 20.9 Å². The van der Waals surface area contributed by atoms with Crippen LogP contribution in [0.5, 0.6) is 11.5 Å². The molecular formula is C17H15BrFNO2S. The molecule has 1 heterocycles. The largest absolute Gasteiger partial charge is 0.493 e. The van der Waals surface area contributed by atoms with Gasteiger partial charge in [-0.3, -0.25) is 4.99 Å². The van der Waals surface area contributed by atoms with E-state index in [0.29, 0.717) is 18.1 Å². The van der Waals surface area contributed by atoms with E-state index in [0.717, 1.165) is 32.9 Å². The number of hydrogen-bond donors (Lipinski definition) is 0. The van der Waals surface area contributed by atoms with Gasteiger partial charge in [0.15, 0.2) is 11.5 Å². The molecule has 2 aromatic carbocycles. The molecule has 0 atom stereocenters. The van der Waals surface area contributed by atoms with Crippen molar-refractivity contribution in [3.63, 3.8) is 0 Å². The van der Waals surface area contributed by atoms with Crippen molar-refractivity contribution in [3.05, 3.63) is 57.8 Å². The lowest BCUT2D eigenvalue weighted by molar-refractivity contribution is 0.282. The maximum atomic E-state index is 12.9. The van der Waals surface area contributed by atoms with E-state index in [4.69, 9.17) is 9.47 Å². The van der Waals surface area contributed by atoms with Crippen LogP contribution in [0.2, 0.25) is 0 Å². The molecule has 0 saturated heterocycles. The van der Waals surface area contributed by atoms with Crippen LogP contribution in [-0.4, -0.2) is 24.5 Å². The minimum atomic E-state index is -0.258. The summed E-state index contributed by atoms with van der Waals surface area (Å²) in [5.74, 6) is 2.03.